The van der Waals surface area contributed by atoms with Crippen molar-refractivity contribution in [1.82, 2.24) is 0 Å². The molecular formula is C16H14F4O2. The third-order valence-corrected chi connectivity index (χ3v) is 3.15. The highest BCUT2D eigenvalue weighted by molar-refractivity contribution is 5.29. The molecule has 0 fully saturated rings. The van der Waals surface area contributed by atoms with Gasteiger partial charge >= 0.3 is 6.18 Å². The topological polar surface area (TPSA) is 29.5 Å². The molecule has 1 N–H and O–H groups in total. The third kappa shape index (κ3) is 4.21. The van der Waals surface area contributed by atoms with Gasteiger partial charge in [0.25, 0.3) is 0 Å². The van der Waals surface area contributed by atoms with Crippen LogP contribution in [-0.2, 0) is 6.18 Å². The summed E-state index contributed by atoms with van der Waals surface area (Å²) in [5.41, 5.74) is -0.470. The van der Waals surface area contributed by atoms with Gasteiger partial charge in [0.05, 0.1) is 18.8 Å². The van der Waals surface area contributed by atoms with E-state index in [2.05, 4.69) is 0 Å². The van der Waals surface area contributed by atoms with Gasteiger partial charge in [-0.2, -0.15) is 13.2 Å². The maximum atomic E-state index is 13.0. The lowest BCUT2D eigenvalue weighted by atomic mass is 9.98. The third-order valence-electron chi connectivity index (χ3n) is 3.15. The minimum absolute atomic E-state index is 0.0543. The van der Waals surface area contributed by atoms with Crippen LogP contribution in [0.2, 0.25) is 0 Å². The summed E-state index contributed by atoms with van der Waals surface area (Å²) in [6.07, 6.45) is -4.45. The number of aliphatic hydroxyl groups is 1. The van der Waals surface area contributed by atoms with Crippen molar-refractivity contribution in [2.45, 2.75) is 12.1 Å². The minimum Gasteiger partial charge on any atom is -0.493 e. The second kappa shape index (κ2) is 6.79. The van der Waals surface area contributed by atoms with Crippen LogP contribution in [-0.4, -0.2) is 18.3 Å². The highest BCUT2D eigenvalue weighted by Crippen LogP contribution is 2.31. The van der Waals surface area contributed by atoms with Gasteiger partial charge in [-0.1, -0.05) is 24.3 Å². The van der Waals surface area contributed by atoms with Crippen LogP contribution in [0.25, 0.3) is 0 Å². The van der Waals surface area contributed by atoms with Crippen LogP contribution in [0.5, 0.6) is 5.75 Å². The summed E-state index contributed by atoms with van der Waals surface area (Å²) in [5, 5.41) is 9.37. The predicted octanol–water partition coefficient (Wildman–Crippen LogP) is 4.00. The Balaban J connectivity index is 2.11. The van der Waals surface area contributed by atoms with Gasteiger partial charge in [0.2, 0.25) is 0 Å². The summed E-state index contributed by atoms with van der Waals surface area (Å²) in [4.78, 5) is 0. The van der Waals surface area contributed by atoms with Gasteiger partial charge in [0.1, 0.15) is 11.6 Å². The van der Waals surface area contributed by atoms with Gasteiger partial charge < -0.3 is 9.84 Å². The number of ether oxygens (including phenoxy) is 1. The number of halogens is 4. The molecule has 2 nitrogen and oxygen atoms in total. The van der Waals surface area contributed by atoms with Crippen LogP contribution in [0, 0.1) is 5.82 Å². The highest BCUT2D eigenvalue weighted by Gasteiger charge is 2.31. The Labute approximate surface area is 125 Å². The van der Waals surface area contributed by atoms with E-state index < -0.39 is 23.5 Å². The van der Waals surface area contributed by atoms with E-state index in [-0.39, 0.29) is 19.0 Å². The molecule has 0 aromatic heterocycles. The fraction of sp³-hybridized carbons (Fsp3) is 0.250. The van der Waals surface area contributed by atoms with Crippen molar-refractivity contribution < 1.29 is 27.4 Å². The van der Waals surface area contributed by atoms with Crippen molar-refractivity contribution in [3.05, 3.63) is 65.5 Å². The number of benzene rings is 2. The molecule has 0 amide bonds. The molecule has 0 spiro atoms. The van der Waals surface area contributed by atoms with E-state index in [0.29, 0.717) is 5.56 Å². The maximum Gasteiger partial charge on any atom is 0.416 e. The average Bonchev–Trinajstić information content (AvgIpc) is 2.47. The highest BCUT2D eigenvalue weighted by atomic mass is 19.4. The molecule has 0 radical (unpaired) electrons. The Morgan fingerprint density at radius 1 is 1.05 bits per heavy atom. The molecule has 1 atom stereocenters. The number of hydrogen-bond acceptors (Lipinski definition) is 2. The number of alkyl halides is 3. The van der Waals surface area contributed by atoms with Crippen molar-refractivity contribution in [3.63, 3.8) is 0 Å². The van der Waals surface area contributed by atoms with Crippen molar-refractivity contribution in [1.29, 1.82) is 0 Å². The first-order valence-electron chi connectivity index (χ1n) is 6.56. The Bertz CT molecular complexity index is 626. The van der Waals surface area contributed by atoms with Gasteiger partial charge in [0.15, 0.2) is 0 Å². The zero-order chi connectivity index (χ0) is 16.2. The van der Waals surface area contributed by atoms with E-state index in [0.717, 1.165) is 12.1 Å². The summed E-state index contributed by atoms with van der Waals surface area (Å²) in [5.74, 6) is -0.854. The van der Waals surface area contributed by atoms with Gasteiger partial charge in [-0.3, -0.25) is 0 Å². The van der Waals surface area contributed by atoms with Crippen LogP contribution in [0.3, 0.4) is 0 Å². The zero-order valence-electron chi connectivity index (χ0n) is 11.5. The molecule has 0 aliphatic rings. The molecule has 1 unspecified atom stereocenters. The van der Waals surface area contributed by atoms with Gasteiger partial charge in [-0.05, 0) is 23.8 Å². The van der Waals surface area contributed by atoms with Crippen molar-refractivity contribution >= 4 is 0 Å². The lowest BCUT2D eigenvalue weighted by Crippen LogP contribution is -2.15. The number of aliphatic hydroxyl groups excluding tert-OH is 1. The Morgan fingerprint density at radius 3 is 2.41 bits per heavy atom. The van der Waals surface area contributed by atoms with E-state index in [4.69, 9.17) is 4.74 Å². The summed E-state index contributed by atoms with van der Waals surface area (Å²) < 4.78 is 56.4. The Kier molecular flexibility index (Phi) is 5.03. The van der Waals surface area contributed by atoms with Crippen LogP contribution >= 0.6 is 0 Å². The Hall–Kier alpha value is -2.08. The Morgan fingerprint density at radius 2 is 1.77 bits per heavy atom. The van der Waals surface area contributed by atoms with E-state index in [1.807, 2.05) is 0 Å². The largest absolute Gasteiger partial charge is 0.493 e. The molecule has 2 aromatic carbocycles. The SMILES string of the molecule is OCC(COc1cccc(F)c1)c1cccc(C(F)(F)F)c1. The van der Waals surface area contributed by atoms with Crippen LogP contribution in [0.15, 0.2) is 48.5 Å². The summed E-state index contributed by atoms with van der Waals surface area (Å²) in [6.45, 7) is -0.433. The van der Waals surface area contributed by atoms with Gasteiger partial charge in [0, 0.05) is 12.0 Å². The summed E-state index contributed by atoms with van der Waals surface area (Å²) >= 11 is 0. The average molecular weight is 314 g/mol. The number of hydrogen-bond donors (Lipinski definition) is 1. The van der Waals surface area contributed by atoms with E-state index in [9.17, 15) is 22.7 Å². The van der Waals surface area contributed by atoms with Crippen molar-refractivity contribution in [2.24, 2.45) is 0 Å². The van der Waals surface area contributed by atoms with Crippen LogP contribution in [0.4, 0.5) is 17.6 Å². The van der Waals surface area contributed by atoms with E-state index >= 15 is 0 Å². The molecule has 118 valence electrons. The fourth-order valence-corrected chi connectivity index (χ4v) is 1.98. The molecule has 2 rings (SSSR count). The molecule has 0 heterocycles. The van der Waals surface area contributed by atoms with Gasteiger partial charge in [-0.15, -0.1) is 0 Å². The summed E-state index contributed by atoms with van der Waals surface area (Å²) in [6, 6.07) is 10.1. The normalized spacial score (nSPS) is 13.0. The first-order chi connectivity index (χ1) is 10.4. The van der Waals surface area contributed by atoms with Crippen molar-refractivity contribution in [2.75, 3.05) is 13.2 Å². The second-order valence-electron chi connectivity index (χ2n) is 4.77. The predicted molar refractivity (Wildman–Crippen MR) is 73.2 cm³/mol. The first-order valence-corrected chi connectivity index (χ1v) is 6.56. The molecule has 0 aliphatic heterocycles. The van der Waals surface area contributed by atoms with Crippen LogP contribution < -0.4 is 4.74 Å². The fourth-order valence-electron chi connectivity index (χ4n) is 1.98. The van der Waals surface area contributed by atoms with Gasteiger partial charge in [-0.25, -0.2) is 4.39 Å². The monoisotopic (exact) mass is 314 g/mol. The standard InChI is InChI=1S/C16H14F4O2/c17-14-5-2-6-15(8-14)22-10-12(9-21)11-3-1-4-13(7-11)16(18,19)20/h1-8,12,21H,9-10H2. The molecule has 0 saturated heterocycles. The number of rotatable bonds is 5. The molecule has 2 aromatic rings. The lowest BCUT2D eigenvalue weighted by Gasteiger charge is -2.17. The first kappa shape index (κ1) is 16.3. The van der Waals surface area contributed by atoms with Crippen molar-refractivity contribution in [3.8, 4) is 5.75 Å². The smallest absolute Gasteiger partial charge is 0.416 e. The molecule has 22 heavy (non-hydrogen) atoms. The molecular weight excluding hydrogens is 300 g/mol. The van der Waals surface area contributed by atoms with E-state index in [1.54, 1.807) is 0 Å². The van der Waals surface area contributed by atoms with Crippen LogP contribution in [0.1, 0.15) is 17.0 Å². The molecule has 0 aliphatic carbocycles. The quantitative estimate of drug-likeness (QED) is 0.845. The molecule has 6 heteroatoms. The lowest BCUT2D eigenvalue weighted by molar-refractivity contribution is -0.137. The second-order valence-corrected chi connectivity index (χ2v) is 4.77. The van der Waals surface area contributed by atoms with E-state index in [1.165, 1.54) is 36.4 Å². The molecule has 0 bridgehead atoms. The summed E-state index contributed by atoms with van der Waals surface area (Å²) in [7, 11) is 0. The molecule has 0 saturated carbocycles. The maximum absolute atomic E-state index is 13.0. The zero-order valence-corrected chi connectivity index (χ0v) is 11.5. The minimum atomic E-state index is -4.45.